The minimum absolute atomic E-state index is 0.370. The summed E-state index contributed by atoms with van der Waals surface area (Å²) in [7, 11) is 0. The van der Waals surface area contributed by atoms with Crippen LogP contribution in [0.25, 0.3) is 0 Å². The maximum absolute atomic E-state index is 11.2. The van der Waals surface area contributed by atoms with E-state index in [1.165, 1.54) is 5.56 Å². The highest BCUT2D eigenvalue weighted by molar-refractivity contribution is 5.76. The van der Waals surface area contributed by atoms with E-state index >= 15 is 0 Å². The second kappa shape index (κ2) is 6.43. The van der Waals surface area contributed by atoms with Crippen molar-refractivity contribution < 1.29 is 9.90 Å². The van der Waals surface area contributed by atoms with Crippen molar-refractivity contribution in [1.29, 1.82) is 0 Å². The van der Waals surface area contributed by atoms with Crippen LogP contribution in [0.15, 0.2) is 24.3 Å². The lowest BCUT2D eigenvalue weighted by atomic mass is 9.90. The summed E-state index contributed by atoms with van der Waals surface area (Å²) in [5.41, 5.74) is 2.20. The molecule has 1 N–H and O–H groups in total. The molecule has 0 fully saturated rings. The van der Waals surface area contributed by atoms with Crippen LogP contribution in [0.5, 0.6) is 0 Å². The normalized spacial score (nSPS) is 12.7. The summed E-state index contributed by atoms with van der Waals surface area (Å²) >= 11 is 0. The molecule has 0 aromatic heterocycles. The minimum atomic E-state index is -0.720. The van der Waals surface area contributed by atoms with E-state index in [1.54, 1.807) is 0 Å². The van der Waals surface area contributed by atoms with E-state index in [9.17, 15) is 9.90 Å². The summed E-state index contributed by atoms with van der Waals surface area (Å²) in [4.78, 5) is 11.2. The second-order valence-electron chi connectivity index (χ2n) is 5.01. The summed E-state index contributed by atoms with van der Waals surface area (Å²) in [6.45, 7) is 6.26. The summed E-state index contributed by atoms with van der Waals surface area (Å²) in [5, 5.41) is 9.25. The molecule has 94 valence electrons. The van der Waals surface area contributed by atoms with Gasteiger partial charge in [0, 0.05) is 0 Å². The molecule has 2 heteroatoms. The van der Waals surface area contributed by atoms with Gasteiger partial charge in [0.05, 0.1) is 5.92 Å². The second-order valence-corrected chi connectivity index (χ2v) is 5.01. The number of rotatable bonds is 6. The number of benzene rings is 1. The van der Waals surface area contributed by atoms with Crippen LogP contribution in [-0.2, 0) is 11.2 Å². The van der Waals surface area contributed by atoms with Crippen molar-refractivity contribution in [3.63, 3.8) is 0 Å². The quantitative estimate of drug-likeness (QED) is 0.811. The fraction of sp³-hybridized carbons (Fsp3) is 0.533. The minimum Gasteiger partial charge on any atom is -0.481 e. The Morgan fingerprint density at radius 3 is 2.24 bits per heavy atom. The largest absolute Gasteiger partial charge is 0.481 e. The van der Waals surface area contributed by atoms with Gasteiger partial charge in [-0.15, -0.1) is 0 Å². The van der Waals surface area contributed by atoms with Crippen LogP contribution >= 0.6 is 0 Å². The molecule has 1 aromatic rings. The van der Waals surface area contributed by atoms with Crippen LogP contribution < -0.4 is 0 Å². The third kappa shape index (κ3) is 4.22. The Balaban J connectivity index is 2.83. The van der Waals surface area contributed by atoms with E-state index in [4.69, 9.17) is 0 Å². The van der Waals surface area contributed by atoms with Crippen molar-refractivity contribution in [1.82, 2.24) is 0 Å². The highest BCUT2D eigenvalue weighted by Crippen LogP contribution is 2.24. The Kier molecular flexibility index (Phi) is 5.20. The molecular formula is C15H22O2. The highest BCUT2D eigenvalue weighted by Gasteiger charge is 2.20. The Labute approximate surface area is 104 Å². The molecule has 0 spiro atoms. The molecule has 0 aliphatic heterocycles. The summed E-state index contributed by atoms with van der Waals surface area (Å²) < 4.78 is 0. The predicted molar refractivity (Wildman–Crippen MR) is 70.3 cm³/mol. The topological polar surface area (TPSA) is 37.3 Å². The fourth-order valence-corrected chi connectivity index (χ4v) is 2.06. The average Bonchev–Trinajstić information content (AvgIpc) is 2.27. The molecule has 17 heavy (non-hydrogen) atoms. The molecule has 0 aliphatic rings. The zero-order valence-electron chi connectivity index (χ0n) is 10.9. The van der Waals surface area contributed by atoms with Crippen molar-refractivity contribution in [3.05, 3.63) is 35.4 Å². The first-order valence-corrected chi connectivity index (χ1v) is 6.36. The molecule has 0 aliphatic carbocycles. The van der Waals surface area contributed by atoms with Crippen molar-refractivity contribution in [2.45, 2.75) is 46.0 Å². The van der Waals surface area contributed by atoms with Gasteiger partial charge in [0.2, 0.25) is 0 Å². The molecule has 0 radical (unpaired) electrons. The number of carboxylic acid groups (broad SMARTS) is 1. The van der Waals surface area contributed by atoms with Gasteiger partial charge in [-0.3, -0.25) is 4.79 Å². The van der Waals surface area contributed by atoms with Crippen LogP contribution in [0.1, 0.15) is 50.7 Å². The maximum Gasteiger partial charge on any atom is 0.310 e. The molecule has 1 rings (SSSR count). The highest BCUT2D eigenvalue weighted by atomic mass is 16.4. The zero-order chi connectivity index (χ0) is 12.8. The van der Waals surface area contributed by atoms with Crippen molar-refractivity contribution in [3.8, 4) is 0 Å². The lowest BCUT2D eigenvalue weighted by Crippen LogP contribution is -2.14. The SMILES string of the molecule is CCCc1ccc(C(CC(C)C)C(=O)O)cc1. The van der Waals surface area contributed by atoms with Gasteiger partial charge in [-0.25, -0.2) is 0 Å². The Hall–Kier alpha value is -1.31. The number of aliphatic carboxylic acids is 1. The van der Waals surface area contributed by atoms with Gasteiger partial charge in [-0.05, 0) is 29.9 Å². The smallest absolute Gasteiger partial charge is 0.310 e. The molecule has 1 atom stereocenters. The molecule has 1 unspecified atom stereocenters. The maximum atomic E-state index is 11.2. The Bertz CT molecular complexity index is 352. The van der Waals surface area contributed by atoms with Gasteiger partial charge in [-0.1, -0.05) is 51.5 Å². The molecule has 2 nitrogen and oxygen atoms in total. The van der Waals surface area contributed by atoms with Gasteiger partial charge < -0.3 is 5.11 Å². The first-order chi connectivity index (χ1) is 8.04. The van der Waals surface area contributed by atoms with E-state index in [1.807, 2.05) is 12.1 Å². The Morgan fingerprint density at radius 1 is 1.24 bits per heavy atom. The van der Waals surface area contributed by atoms with Crippen LogP contribution in [0.3, 0.4) is 0 Å². The van der Waals surface area contributed by atoms with Crippen LogP contribution in [0.4, 0.5) is 0 Å². The first kappa shape index (κ1) is 13.8. The number of hydrogen-bond donors (Lipinski definition) is 1. The molecule has 0 saturated carbocycles. The van der Waals surface area contributed by atoms with Gasteiger partial charge in [0.1, 0.15) is 0 Å². The van der Waals surface area contributed by atoms with E-state index in [-0.39, 0.29) is 5.92 Å². The fourth-order valence-electron chi connectivity index (χ4n) is 2.06. The lowest BCUT2D eigenvalue weighted by Gasteiger charge is -2.15. The Morgan fingerprint density at radius 2 is 1.82 bits per heavy atom. The first-order valence-electron chi connectivity index (χ1n) is 6.36. The van der Waals surface area contributed by atoms with Gasteiger partial charge in [0.15, 0.2) is 0 Å². The zero-order valence-corrected chi connectivity index (χ0v) is 10.9. The third-order valence-corrected chi connectivity index (χ3v) is 2.93. The monoisotopic (exact) mass is 234 g/mol. The third-order valence-electron chi connectivity index (χ3n) is 2.93. The number of hydrogen-bond acceptors (Lipinski definition) is 1. The molecule has 0 bridgehead atoms. The van der Waals surface area contributed by atoms with E-state index in [0.717, 1.165) is 18.4 Å². The molecule has 0 amide bonds. The molecule has 0 heterocycles. The van der Waals surface area contributed by atoms with Crippen LogP contribution in [0, 0.1) is 5.92 Å². The van der Waals surface area contributed by atoms with Gasteiger partial charge >= 0.3 is 5.97 Å². The van der Waals surface area contributed by atoms with Crippen LogP contribution in [0.2, 0.25) is 0 Å². The molecule has 1 aromatic carbocycles. The van der Waals surface area contributed by atoms with Gasteiger partial charge in [-0.2, -0.15) is 0 Å². The van der Waals surface area contributed by atoms with Crippen molar-refractivity contribution in [2.75, 3.05) is 0 Å². The number of aryl methyl sites for hydroxylation is 1. The standard InChI is InChI=1S/C15H22O2/c1-4-5-12-6-8-13(9-7-12)14(15(16)17)10-11(2)3/h6-9,11,14H,4-5,10H2,1-3H3,(H,16,17). The van der Waals surface area contributed by atoms with Crippen molar-refractivity contribution in [2.24, 2.45) is 5.92 Å². The van der Waals surface area contributed by atoms with E-state index < -0.39 is 5.97 Å². The predicted octanol–water partition coefficient (Wildman–Crippen LogP) is 3.85. The molecule has 0 saturated heterocycles. The molecular weight excluding hydrogens is 212 g/mol. The van der Waals surface area contributed by atoms with E-state index in [2.05, 4.69) is 32.9 Å². The summed E-state index contributed by atoms with van der Waals surface area (Å²) in [6, 6.07) is 8.03. The number of carbonyl (C=O) groups is 1. The summed E-state index contributed by atoms with van der Waals surface area (Å²) in [5.74, 6) is -0.695. The average molecular weight is 234 g/mol. The number of carboxylic acids is 1. The van der Waals surface area contributed by atoms with E-state index in [0.29, 0.717) is 12.3 Å². The van der Waals surface area contributed by atoms with Crippen LogP contribution in [-0.4, -0.2) is 11.1 Å². The van der Waals surface area contributed by atoms with Crippen molar-refractivity contribution >= 4 is 5.97 Å². The van der Waals surface area contributed by atoms with Gasteiger partial charge in [0.25, 0.3) is 0 Å². The lowest BCUT2D eigenvalue weighted by molar-refractivity contribution is -0.139. The summed E-state index contributed by atoms with van der Waals surface area (Å²) in [6.07, 6.45) is 2.87.